The lowest BCUT2D eigenvalue weighted by Crippen LogP contribution is -2.22. The second-order valence-corrected chi connectivity index (χ2v) is 8.72. The van der Waals surface area contributed by atoms with Gasteiger partial charge in [-0.1, -0.05) is 18.2 Å². The molecule has 0 spiro atoms. The molecule has 0 saturated heterocycles. The monoisotopic (exact) mass is 518 g/mol. The van der Waals surface area contributed by atoms with Gasteiger partial charge in [0.15, 0.2) is 6.61 Å². The molecule has 0 radical (unpaired) electrons. The van der Waals surface area contributed by atoms with Crippen LogP contribution in [0.25, 0.3) is 0 Å². The van der Waals surface area contributed by atoms with Crippen molar-refractivity contribution in [1.29, 1.82) is 0 Å². The molecule has 0 atom stereocenters. The first kappa shape index (κ1) is 25.9. The van der Waals surface area contributed by atoms with Crippen molar-refractivity contribution in [3.63, 3.8) is 0 Å². The summed E-state index contributed by atoms with van der Waals surface area (Å²) in [6.07, 6.45) is -9.32. The molecule has 0 bridgehead atoms. The summed E-state index contributed by atoms with van der Waals surface area (Å²) < 4.78 is 110. The Labute approximate surface area is 195 Å². The Morgan fingerprint density at radius 1 is 0.829 bits per heavy atom. The summed E-state index contributed by atoms with van der Waals surface area (Å²) in [5, 5.41) is 2.10. The Bertz CT molecular complexity index is 1310. The van der Waals surface area contributed by atoms with E-state index in [0.717, 1.165) is 42.5 Å². The summed E-state index contributed by atoms with van der Waals surface area (Å²) >= 11 is 0. The third kappa shape index (κ3) is 6.88. The average molecular weight is 518 g/mol. The molecule has 0 aliphatic heterocycles. The van der Waals surface area contributed by atoms with Crippen molar-refractivity contribution in [2.45, 2.75) is 17.2 Å². The second-order valence-electron chi connectivity index (χ2n) is 7.04. The van der Waals surface area contributed by atoms with Crippen LogP contribution < -0.4 is 14.8 Å². The maximum Gasteiger partial charge on any atom is 0.418 e. The lowest BCUT2D eigenvalue weighted by molar-refractivity contribution is -0.138. The smallest absolute Gasteiger partial charge is 0.418 e. The summed E-state index contributed by atoms with van der Waals surface area (Å²) in [6, 6.07) is 12.5. The molecular formula is C22H16F6N2O4S. The number of hydrogen-bond acceptors (Lipinski definition) is 4. The van der Waals surface area contributed by atoms with Gasteiger partial charge in [-0.15, -0.1) is 0 Å². The Morgan fingerprint density at radius 2 is 1.49 bits per heavy atom. The molecule has 13 heteroatoms. The van der Waals surface area contributed by atoms with Crippen molar-refractivity contribution in [3.05, 3.63) is 83.9 Å². The van der Waals surface area contributed by atoms with Crippen LogP contribution in [0.15, 0.2) is 77.7 Å². The van der Waals surface area contributed by atoms with Crippen molar-refractivity contribution < 1.29 is 44.3 Å². The molecule has 2 N–H and O–H groups in total. The average Bonchev–Trinajstić information content (AvgIpc) is 2.77. The Balaban J connectivity index is 1.63. The van der Waals surface area contributed by atoms with Crippen LogP contribution in [-0.4, -0.2) is 20.9 Å². The minimum absolute atomic E-state index is 0.0299. The number of rotatable bonds is 7. The van der Waals surface area contributed by atoms with E-state index in [9.17, 15) is 39.6 Å². The summed E-state index contributed by atoms with van der Waals surface area (Å²) in [6.45, 7) is -0.666. The number of carbonyl (C=O) groups is 1. The molecule has 186 valence electrons. The van der Waals surface area contributed by atoms with Crippen molar-refractivity contribution in [2.75, 3.05) is 16.6 Å². The van der Waals surface area contributed by atoms with Crippen molar-refractivity contribution in [2.24, 2.45) is 0 Å². The normalized spacial score (nSPS) is 12.2. The van der Waals surface area contributed by atoms with Crippen LogP contribution in [-0.2, 0) is 27.2 Å². The molecule has 0 saturated carbocycles. The quantitative estimate of drug-likeness (QED) is 0.402. The zero-order valence-electron chi connectivity index (χ0n) is 17.4. The number of halogens is 6. The highest BCUT2D eigenvalue weighted by molar-refractivity contribution is 7.92. The maximum atomic E-state index is 13.0. The van der Waals surface area contributed by atoms with Gasteiger partial charge >= 0.3 is 12.4 Å². The van der Waals surface area contributed by atoms with Gasteiger partial charge in [-0.25, -0.2) is 8.42 Å². The molecule has 3 aromatic rings. The highest BCUT2D eigenvalue weighted by Crippen LogP contribution is 2.34. The van der Waals surface area contributed by atoms with Gasteiger partial charge in [-0.3, -0.25) is 9.52 Å². The van der Waals surface area contributed by atoms with E-state index in [2.05, 4.69) is 5.32 Å². The number of carbonyl (C=O) groups excluding carboxylic acids is 1. The first-order chi connectivity index (χ1) is 16.3. The molecule has 1 amide bonds. The van der Waals surface area contributed by atoms with Gasteiger partial charge in [-0.05, 0) is 54.6 Å². The van der Waals surface area contributed by atoms with E-state index in [-0.39, 0.29) is 16.3 Å². The fourth-order valence-corrected chi connectivity index (χ4v) is 3.91. The van der Waals surface area contributed by atoms with E-state index < -0.39 is 51.7 Å². The van der Waals surface area contributed by atoms with Crippen LogP contribution in [0, 0.1) is 0 Å². The molecule has 0 aliphatic rings. The number of ether oxygens (including phenoxy) is 1. The highest BCUT2D eigenvalue weighted by atomic mass is 32.2. The van der Waals surface area contributed by atoms with Gasteiger partial charge in [0, 0.05) is 5.69 Å². The molecule has 3 rings (SSSR count). The van der Waals surface area contributed by atoms with E-state index in [1.165, 1.54) is 24.3 Å². The third-order valence-corrected chi connectivity index (χ3v) is 5.85. The van der Waals surface area contributed by atoms with E-state index in [1.54, 1.807) is 0 Å². The second kappa shape index (κ2) is 9.86. The first-order valence-corrected chi connectivity index (χ1v) is 11.1. The van der Waals surface area contributed by atoms with Crippen LogP contribution >= 0.6 is 0 Å². The zero-order valence-corrected chi connectivity index (χ0v) is 18.3. The number of amides is 1. The molecule has 0 aliphatic carbocycles. The minimum Gasteiger partial charge on any atom is -0.484 e. The van der Waals surface area contributed by atoms with Crippen LogP contribution in [0.5, 0.6) is 5.75 Å². The number of benzene rings is 3. The van der Waals surface area contributed by atoms with E-state index in [1.807, 2.05) is 4.72 Å². The van der Waals surface area contributed by atoms with Crippen LogP contribution in [0.2, 0.25) is 0 Å². The number of nitrogens with one attached hydrogen (secondary N) is 2. The molecule has 6 nitrogen and oxygen atoms in total. The number of para-hydroxylation sites is 1. The fourth-order valence-electron chi connectivity index (χ4n) is 2.86. The van der Waals surface area contributed by atoms with Gasteiger partial charge in [0.25, 0.3) is 15.9 Å². The number of sulfonamides is 1. The predicted molar refractivity (Wildman–Crippen MR) is 114 cm³/mol. The molecule has 35 heavy (non-hydrogen) atoms. The van der Waals surface area contributed by atoms with Crippen molar-refractivity contribution in [3.8, 4) is 5.75 Å². The molecule has 0 heterocycles. The standard InChI is InChI=1S/C22H16F6N2O4S/c23-21(24,25)14-4-3-5-15(12-14)30-35(32,33)17-10-8-16(9-11-17)34-13-20(31)29-19-7-2-1-6-18(19)22(26,27)28/h1-12,30H,13H2,(H,29,31). The molecule has 3 aromatic carbocycles. The fraction of sp³-hybridized carbons (Fsp3) is 0.136. The van der Waals surface area contributed by atoms with Crippen molar-refractivity contribution >= 4 is 27.3 Å². The van der Waals surface area contributed by atoms with Gasteiger partial charge in [-0.2, -0.15) is 26.3 Å². The van der Waals surface area contributed by atoms with Gasteiger partial charge < -0.3 is 10.1 Å². The lowest BCUT2D eigenvalue weighted by atomic mass is 10.1. The van der Waals surface area contributed by atoms with E-state index >= 15 is 0 Å². The van der Waals surface area contributed by atoms with Gasteiger partial charge in [0.2, 0.25) is 0 Å². The molecule has 0 unspecified atom stereocenters. The molecule has 0 aromatic heterocycles. The Kier molecular flexibility index (Phi) is 7.29. The molecular weight excluding hydrogens is 502 g/mol. The highest BCUT2D eigenvalue weighted by Gasteiger charge is 2.33. The topological polar surface area (TPSA) is 84.5 Å². The largest absolute Gasteiger partial charge is 0.484 e. The SMILES string of the molecule is O=C(COc1ccc(S(=O)(=O)Nc2cccc(C(F)(F)F)c2)cc1)Nc1ccccc1C(F)(F)F. The molecule has 0 fully saturated rings. The Morgan fingerprint density at radius 3 is 2.11 bits per heavy atom. The number of alkyl halides is 6. The zero-order chi connectivity index (χ0) is 25.9. The van der Waals surface area contributed by atoms with Crippen LogP contribution in [0.3, 0.4) is 0 Å². The summed E-state index contributed by atoms with van der Waals surface area (Å²) in [5.74, 6) is -0.855. The summed E-state index contributed by atoms with van der Waals surface area (Å²) in [5.41, 5.74) is -2.81. The van der Waals surface area contributed by atoms with E-state index in [0.29, 0.717) is 6.07 Å². The van der Waals surface area contributed by atoms with Crippen LogP contribution in [0.4, 0.5) is 37.7 Å². The number of hydrogen-bond donors (Lipinski definition) is 2. The minimum atomic E-state index is -4.67. The van der Waals surface area contributed by atoms with Gasteiger partial charge in [0.05, 0.1) is 21.7 Å². The first-order valence-electron chi connectivity index (χ1n) is 9.65. The van der Waals surface area contributed by atoms with Gasteiger partial charge in [0.1, 0.15) is 5.75 Å². The van der Waals surface area contributed by atoms with Crippen LogP contribution in [0.1, 0.15) is 11.1 Å². The number of anilines is 2. The van der Waals surface area contributed by atoms with Crippen molar-refractivity contribution in [1.82, 2.24) is 0 Å². The van der Waals surface area contributed by atoms with E-state index in [4.69, 9.17) is 4.74 Å². The third-order valence-electron chi connectivity index (χ3n) is 4.45. The summed E-state index contributed by atoms with van der Waals surface area (Å²) in [7, 11) is -4.24. The Hall–Kier alpha value is -3.74. The lowest BCUT2D eigenvalue weighted by Gasteiger charge is -2.14. The maximum absolute atomic E-state index is 13.0. The summed E-state index contributed by atoms with van der Waals surface area (Å²) in [4.78, 5) is 11.7. The predicted octanol–water partition coefficient (Wildman–Crippen LogP) is 5.54.